The van der Waals surface area contributed by atoms with Crippen molar-refractivity contribution < 1.29 is 17.6 Å². The molecular weight excluding hydrogens is 295 g/mol. The summed E-state index contributed by atoms with van der Waals surface area (Å²) >= 11 is 0. The molecule has 0 aliphatic heterocycles. The van der Waals surface area contributed by atoms with Crippen molar-refractivity contribution in [2.75, 3.05) is 7.05 Å². The number of carbonyl (C=O) groups excluding carboxylic acids is 1. The van der Waals surface area contributed by atoms with Crippen molar-refractivity contribution >= 4 is 15.9 Å². The van der Waals surface area contributed by atoms with Crippen molar-refractivity contribution in [1.82, 2.24) is 4.90 Å². The molecule has 0 saturated carbocycles. The average molecular weight is 316 g/mol. The van der Waals surface area contributed by atoms with Crippen molar-refractivity contribution in [2.24, 2.45) is 5.14 Å². The van der Waals surface area contributed by atoms with E-state index in [9.17, 15) is 17.6 Å². The Balaban J connectivity index is 3.45. The number of sulfonamides is 1. The molecule has 7 heteroatoms. The van der Waals surface area contributed by atoms with Crippen LogP contribution in [0.3, 0.4) is 0 Å². The molecule has 0 aromatic heterocycles. The summed E-state index contributed by atoms with van der Waals surface area (Å²) in [4.78, 5) is 13.6. The van der Waals surface area contributed by atoms with Gasteiger partial charge < -0.3 is 4.90 Å². The lowest BCUT2D eigenvalue weighted by atomic mass is 9.98. The smallest absolute Gasteiger partial charge is 0.254 e. The zero-order chi connectivity index (χ0) is 16.6. The van der Waals surface area contributed by atoms with E-state index in [-0.39, 0.29) is 16.0 Å². The van der Waals surface area contributed by atoms with Crippen LogP contribution in [-0.4, -0.2) is 31.8 Å². The van der Waals surface area contributed by atoms with Crippen LogP contribution < -0.4 is 5.14 Å². The fourth-order valence-corrected chi connectivity index (χ4v) is 2.68. The minimum absolute atomic E-state index is 0.00282. The normalized spacial score (nSPS) is 12.3. The summed E-state index contributed by atoms with van der Waals surface area (Å²) in [5, 5.41) is 5.06. The molecule has 0 aliphatic carbocycles. The number of halogens is 1. The highest BCUT2D eigenvalue weighted by Gasteiger charge is 2.29. The first-order chi connectivity index (χ1) is 9.41. The van der Waals surface area contributed by atoms with E-state index in [1.165, 1.54) is 11.8 Å². The summed E-state index contributed by atoms with van der Waals surface area (Å²) in [6.45, 7) is 7.12. The molecular formula is C14H21FN2O3S. The summed E-state index contributed by atoms with van der Waals surface area (Å²) in [5.41, 5.74) is -0.275. The molecule has 0 unspecified atom stereocenters. The monoisotopic (exact) mass is 316 g/mol. The summed E-state index contributed by atoms with van der Waals surface area (Å²) in [7, 11) is -2.49. The molecule has 0 fully saturated rings. The third-order valence-electron chi connectivity index (χ3n) is 3.94. The van der Waals surface area contributed by atoms with Gasteiger partial charge in [-0.2, -0.15) is 0 Å². The van der Waals surface area contributed by atoms with Gasteiger partial charge in [-0.15, -0.1) is 0 Å². The largest absolute Gasteiger partial charge is 0.337 e. The first kappa shape index (κ1) is 17.6. The second-order valence-corrected chi connectivity index (χ2v) is 7.18. The highest BCUT2D eigenvalue weighted by molar-refractivity contribution is 7.89. The van der Waals surface area contributed by atoms with Gasteiger partial charge in [-0.25, -0.2) is 17.9 Å². The van der Waals surface area contributed by atoms with E-state index < -0.39 is 27.3 Å². The molecule has 1 amide bonds. The Kier molecular flexibility index (Phi) is 4.80. The Hall–Kier alpha value is -1.47. The fraction of sp³-hybridized carbons (Fsp3) is 0.500. The predicted molar refractivity (Wildman–Crippen MR) is 79.0 cm³/mol. The molecule has 5 nitrogen and oxygen atoms in total. The number of rotatable bonds is 4. The van der Waals surface area contributed by atoms with E-state index in [0.717, 1.165) is 12.1 Å². The van der Waals surface area contributed by atoms with Crippen LogP contribution in [0, 0.1) is 12.7 Å². The van der Waals surface area contributed by atoms with E-state index in [4.69, 9.17) is 5.14 Å². The molecule has 1 rings (SSSR count). The molecule has 118 valence electrons. The Morgan fingerprint density at radius 1 is 1.38 bits per heavy atom. The average Bonchev–Trinajstić information content (AvgIpc) is 2.38. The number of nitrogens with two attached hydrogens (primary N) is 1. The summed E-state index contributed by atoms with van der Waals surface area (Å²) in [5.74, 6) is -1.25. The lowest BCUT2D eigenvalue weighted by molar-refractivity contribution is 0.0618. The third kappa shape index (κ3) is 3.59. The van der Waals surface area contributed by atoms with Crippen molar-refractivity contribution in [2.45, 2.75) is 44.6 Å². The molecule has 21 heavy (non-hydrogen) atoms. The highest BCUT2D eigenvalue weighted by Crippen LogP contribution is 2.24. The molecule has 0 atom stereocenters. The van der Waals surface area contributed by atoms with Gasteiger partial charge in [0.15, 0.2) is 0 Å². The van der Waals surface area contributed by atoms with Gasteiger partial charge in [-0.1, -0.05) is 6.92 Å². The van der Waals surface area contributed by atoms with Gasteiger partial charge in [0, 0.05) is 18.2 Å². The SMILES string of the molecule is CCC(C)(C)N(C)C(=O)c1cc(F)cc(S(N)(=O)=O)c1C. The van der Waals surface area contributed by atoms with Crippen molar-refractivity contribution in [1.29, 1.82) is 0 Å². The Morgan fingerprint density at radius 3 is 2.33 bits per heavy atom. The third-order valence-corrected chi connectivity index (χ3v) is 4.98. The van der Waals surface area contributed by atoms with Crippen LogP contribution >= 0.6 is 0 Å². The predicted octanol–water partition coefficient (Wildman–Crippen LogP) is 2.04. The molecule has 1 aromatic rings. The van der Waals surface area contributed by atoms with Gasteiger partial charge in [0.05, 0.1) is 4.90 Å². The zero-order valence-electron chi connectivity index (χ0n) is 12.9. The van der Waals surface area contributed by atoms with Crippen LogP contribution in [0.25, 0.3) is 0 Å². The Morgan fingerprint density at radius 2 is 1.90 bits per heavy atom. The summed E-state index contributed by atoms with van der Waals surface area (Å²) in [6.07, 6.45) is 0.700. The van der Waals surface area contributed by atoms with E-state index in [2.05, 4.69) is 0 Å². The number of hydrogen-bond donors (Lipinski definition) is 1. The fourth-order valence-electron chi connectivity index (χ4n) is 1.86. The lowest BCUT2D eigenvalue weighted by Crippen LogP contribution is -2.44. The van der Waals surface area contributed by atoms with E-state index in [1.807, 2.05) is 20.8 Å². The summed E-state index contributed by atoms with van der Waals surface area (Å²) in [6, 6.07) is 1.86. The maximum atomic E-state index is 13.6. The molecule has 2 N–H and O–H groups in total. The van der Waals surface area contributed by atoms with Gasteiger partial charge in [0.2, 0.25) is 10.0 Å². The number of hydrogen-bond acceptors (Lipinski definition) is 3. The highest BCUT2D eigenvalue weighted by atomic mass is 32.2. The number of primary sulfonamides is 1. The minimum atomic E-state index is -4.09. The van der Waals surface area contributed by atoms with Crippen molar-refractivity contribution in [3.8, 4) is 0 Å². The van der Waals surface area contributed by atoms with Gasteiger partial charge in [0.1, 0.15) is 5.82 Å². The molecule has 0 heterocycles. The first-order valence-corrected chi connectivity index (χ1v) is 8.07. The van der Waals surface area contributed by atoms with Crippen LogP contribution in [0.1, 0.15) is 43.1 Å². The molecule has 0 aliphatic rings. The number of nitrogens with zero attached hydrogens (tertiary/aromatic N) is 1. The molecule has 0 bridgehead atoms. The second kappa shape index (κ2) is 5.73. The number of amides is 1. The Labute approximate surface area is 125 Å². The van der Waals surface area contributed by atoms with Crippen molar-refractivity contribution in [3.63, 3.8) is 0 Å². The zero-order valence-corrected chi connectivity index (χ0v) is 13.7. The maximum Gasteiger partial charge on any atom is 0.254 e. The Bertz CT molecular complexity index is 669. The van der Waals surface area contributed by atoms with Gasteiger partial charge in [0.25, 0.3) is 5.91 Å². The molecule has 0 radical (unpaired) electrons. The van der Waals surface area contributed by atoms with Crippen molar-refractivity contribution in [3.05, 3.63) is 29.1 Å². The number of carbonyl (C=O) groups is 1. The molecule has 0 spiro atoms. The number of benzene rings is 1. The van der Waals surface area contributed by atoms with Gasteiger partial charge >= 0.3 is 0 Å². The first-order valence-electron chi connectivity index (χ1n) is 6.53. The topological polar surface area (TPSA) is 80.5 Å². The van der Waals surface area contributed by atoms with Gasteiger partial charge in [-0.05, 0) is 44.9 Å². The minimum Gasteiger partial charge on any atom is -0.337 e. The second-order valence-electron chi connectivity index (χ2n) is 5.65. The quantitative estimate of drug-likeness (QED) is 0.923. The maximum absolute atomic E-state index is 13.6. The van der Waals surface area contributed by atoms with Crippen LogP contribution in [0.2, 0.25) is 0 Å². The van der Waals surface area contributed by atoms with Crippen LogP contribution in [0.5, 0.6) is 0 Å². The van der Waals surface area contributed by atoms with Crippen LogP contribution in [0.15, 0.2) is 17.0 Å². The lowest BCUT2D eigenvalue weighted by Gasteiger charge is -2.35. The van der Waals surface area contributed by atoms with E-state index >= 15 is 0 Å². The van der Waals surface area contributed by atoms with E-state index in [0.29, 0.717) is 6.42 Å². The van der Waals surface area contributed by atoms with Gasteiger partial charge in [-0.3, -0.25) is 4.79 Å². The van der Waals surface area contributed by atoms with Crippen LogP contribution in [0.4, 0.5) is 4.39 Å². The molecule has 0 saturated heterocycles. The molecule has 1 aromatic carbocycles. The summed E-state index contributed by atoms with van der Waals surface area (Å²) < 4.78 is 36.6. The van der Waals surface area contributed by atoms with E-state index in [1.54, 1.807) is 7.05 Å². The standard InChI is InChI=1S/C14H21FN2O3S/c1-6-14(3,4)17(5)13(18)11-7-10(15)8-12(9(11)2)21(16,19)20/h7-8H,6H2,1-5H3,(H2,16,19,20). The van der Waals surface area contributed by atoms with Crippen LogP contribution in [-0.2, 0) is 10.0 Å².